The molecule has 0 bridgehead atoms. The van der Waals surface area contributed by atoms with E-state index in [2.05, 4.69) is 32.4 Å². The second-order valence-corrected chi connectivity index (χ2v) is 5.30. The van der Waals surface area contributed by atoms with Crippen LogP contribution in [-0.2, 0) is 4.74 Å². The number of aryl methyl sites for hydroxylation is 1. The van der Waals surface area contributed by atoms with E-state index in [1.54, 1.807) is 0 Å². The highest BCUT2D eigenvalue weighted by molar-refractivity contribution is 5.57. The van der Waals surface area contributed by atoms with Crippen LogP contribution in [0.3, 0.4) is 0 Å². The molecule has 1 unspecified atom stereocenters. The molecule has 1 atom stereocenters. The highest BCUT2D eigenvalue weighted by Gasteiger charge is 2.15. The number of morpholine rings is 1. The summed E-state index contributed by atoms with van der Waals surface area (Å²) in [6, 6.07) is 0.339. The Morgan fingerprint density at radius 2 is 1.85 bits per heavy atom. The lowest BCUT2D eigenvalue weighted by Crippen LogP contribution is -2.42. The molecular weight excluding hydrogens is 254 g/mol. The standard InChI is InChI=1S/C14H25N5O/c1-10(9-19-5-7-20-8-6-19)16-14-11(2)13(15-4)17-12(3)18-14/h10H,5-9H2,1-4H3,(H2,15,16,17,18). The van der Waals surface area contributed by atoms with Crippen molar-refractivity contribution in [2.45, 2.75) is 26.8 Å². The van der Waals surface area contributed by atoms with E-state index in [9.17, 15) is 0 Å². The molecule has 1 saturated heterocycles. The highest BCUT2D eigenvalue weighted by Crippen LogP contribution is 2.20. The fourth-order valence-corrected chi connectivity index (χ4v) is 2.46. The molecule has 0 spiro atoms. The molecule has 0 saturated carbocycles. The zero-order chi connectivity index (χ0) is 14.5. The molecule has 0 amide bonds. The van der Waals surface area contributed by atoms with Gasteiger partial charge in [0.2, 0.25) is 0 Å². The molecule has 2 rings (SSSR count). The zero-order valence-corrected chi connectivity index (χ0v) is 12.9. The van der Waals surface area contributed by atoms with Crippen molar-refractivity contribution in [3.8, 4) is 0 Å². The first-order valence-corrected chi connectivity index (χ1v) is 7.19. The Morgan fingerprint density at radius 1 is 1.20 bits per heavy atom. The Labute approximate surface area is 120 Å². The van der Waals surface area contributed by atoms with Crippen molar-refractivity contribution < 1.29 is 4.74 Å². The average Bonchev–Trinajstić information content (AvgIpc) is 2.43. The Morgan fingerprint density at radius 3 is 2.50 bits per heavy atom. The van der Waals surface area contributed by atoms with Gasteiger partial charge in [0.25, 0.3) is 0 Å². The Kier molecular flexibility index (Phi) is 5.14. The van der Waals surface area contributed by atoms with Crippen LogP contribution in [0, 0.1) is 13.8 Å². The van der Waals surface area contributed by atoms with Crippen LogP contribution in [0.1, 0.15) is 18.3 Å². The SMILES string of the molecule is CNc1nc(C)nc(NC(C)CN2CCOCC2)c1C. The van der Waals surface area contributed by atoms with E-state index in [1.165, 1.54) is 0 Å². The predicted octanol–water partition coefficient (Wildman–Crippen LogP) is 1.27. The Hall–Kier alpha value is -1.40. The molecule has 1 aromatic heterocycles. The molecule has 1 fully saturated rings. The summed E-state index contributed by atoms with van der Waals surface area (Å²) in [6.07, 6.45) is 0. The number of nitrogens with one attached hydrogen (secondary N) is 2. The number of aromatic nitrogens is 2. The number of hydrogen-bond acceptors (Lipinski definition) is 6. The van der Waals surface area contributed by atoms with E-state index >= 15 is 0 Å². The minimum absolute atomic E-state index is 0.339. The maximum Gasteiger partial charge on any atom is 0.135 e. The number of rotatable bonds is 5. The smallest absolute Gasteiger partial charge is 0.135 e. The second kappa shape index (κ2) is 6.85. The molecule has 1 aliphatic rings. The van der Waals surface area contributed by atoms with Gasteiger partial charge in [0.1, 0.15) is 17.5 Å². The molecule has 2 heterocycles. The van der Waals surface area contributed by atoms with E-state index in [-0.39, 0.29) is 0 Å². The molecule has 1 aromatic rings. The van der Waals surface area contributed by atoms with Crippen LogP contribution in [0.5, 0.6) is 0 Å². The zero-order valence-electron chi connectivity index (χ0n) is 12.9. The summed E-state index contributed by atoms with van der Waals surface area (Å²) in [7, 11) is 1.88. The quantitative estimate of drug-likeness (QED) is 0.846. The summed E-state index contributed by atoms with van der Waals surface area (Å²) in [6.45, 7) is 10.8. The topological polar surface area (TPSA) is 62.3 Å². The van der Waals surface area contributed by atoms with Crippen molar-refractivity contribution in [3.05, 3.63) is 11.4 Å². The van der Waals surface area contributed by atoms with Gasteiger partial charge in [0.15, 0.2) is 0 Å². The lowest BCUT2D eigenvalue weighted by Gasteiger charge is -2.29. The van der Waals surface area contributed by atoms with Gasteiger partial charge >= 0.3 is 0 Å². The molecule has 0 aromatic carbocycles. The molecule has 2 N–H and O–H groups in total. The summed E-state index contributed by atoms with van der Waals surface area (Å²) >= 11 is 0. The third-order valence-corrected chi connectivity index (χ3v) is 3.51. The first-order valence-electron chi connectivity index (χ1n) is 7.19. The summed E-state index contributed by atoms with van der Waals surface area (Å²) in [5, 5.41) is 6.61. The lowest BCUT2D eigenvalue weighted by molar-refractivity contribution is 0.0368. The fraction of sp³-hybridized carbons (Fsp3) is 0.714. The number of anilines is 2. The van der Waals surface area contributed by atoms with E-state index in [0.717, 1.165) is 55.9 Å². The van der Waals surface area contributed by atoms with Crippen LogP contribution < -0.4 is 10.6 Å². The Balaban J connectivity index is 1.99. The predicted molar refractivity (Wildman–Crippen MR) is 81.4 cm³/mol. The van der Waals surface area contributed by atoms with Crippen LogP contribution in [-0.4, -0.2) is 60.8 Å². The maximum absolute atomic E-state index is 5.37. The molecule has 0 aliphatic carbocycles. The maximum atomic E-state index is 5.37. The summed E-state index contributed by atoms with van der Waals surface area (Å²) < 4.78 is 5.37. The van der Waals surface area contributed by atoms with Crippen molar-refractivity contribution in [1.82, 2.24) is 14.9 Å². The largest absolute Gasteiger partial charge is 0.379 e. The van der Waals surface area contributed by atoms with Crippen molar-refractivity contribution in [2.75, 3.05) is 50.5 Å². The van der Waals surface area contributed by atoms with E-state index in [4.69, 9.17) is 4.74 Å². The lowest BCUT2D eigenvalue weighted by atomic mass is 10.2. The van der Waals surface area contributed by atoms with Crippen LogP contribution in [0.2, 0.25) is 0 Å². The van der Waals surface area contributed by atoms with Gasteiger partial charge in [0.05, 0.1) is 13.2 Å². The third kappa shape index (κ3) is 3.80. The van der Waals surface area contributed by atoms with Gasteiger partial charge in [-0.2, -0.15) is 0 Å². The first-order chi connectivity index (χ1) is 9.60. The highest BCUT2D eigenvalue weighted by atomic mass is 16.5. The monoisotopic (exact) mass is 279 g/mol. The Bertz CT molecular complexity index is 445. The minimum atomic E-state index is 0.339. The van der Waals surface area contributed by atoms with Gasteiger partial charge in [-0.1, -0.05) is 0 Å². The van der Waals surface area contributed by atoms with Gasteiger partial charge < -0.3 is 15.4 Å². The third-order valence-electron chi connectivity index (χ3n) is 3.51. The van der Waals surface area contributed by atoms with Crippen LogP contribution in [0.25, 0.3) is 0 Å². The number of ether oxygens (including phenoxy) is 1. The molecule has 112 valence electrons. The van der Waals surface area contributed by atoms with Crippen molar-refractivity contribution in [3.63, 3.8) is 0 Å². The average molecular weight is 279 g/mol. The van der Waals surface area contributed by atoms with Gasteiger partial charge in [0, 0.05) is 38.3 Å². The number of nitrogens with zero attached hydrogens (tertiary/aromatic N) is 3. The first kappa shape index (κ1) is 15.0. The molecule has 1 aliphatic heterocycles. The van der Waals surface area contributed by atoms with Crippen molar-refractivity contribution in [1.29, 1.82) is 0 Å². The van der Waals surface area contributed by atoms with Gasteiger partial charge in [-0.3, -0.25) is 4.90 Å². The van der Waals surface area contributed by atoms with Gasteiger partial charge in [-0.15, -0.1) is 0 Å². The summed E-state index contributed by atoms with van der Waals surface area (Å²) in [4.78, 5) is 11.3. The van der Waals surface area contributed by atoms with Gasteiger partial charge in [-0.05, 0) is 20.8 Å². The molecule has 6 heteroatoms. The van der Waals surface area contributed by atoms with Crippen molar-refractivity contribution in [2.24, 2.45) is 0 Å². The van der Waals surface area contributed by atoms with E-state index in [0.29, 0.717) is 6.04 Å². The normalized spacial score (nSPS) is 17.8. The van der Waals surface area contributed by atoms with E-state index < -0.39 is 0 Å². The fourth-order valence-electron chi connectivity index (χ4n) is 2.46. The molecule has 0 radical (unpaired) electrons. The van der Waals surface area contributed by atoms with Crippen LogP contribution >= 0.6 is 0 Å². The summed E-state index contributed by atoms with van der Waals surface area (Å²) in [5.74, 6) is 2.59. The molecule has 6 nitrogen and oxygen atoms in total. The van der Waals surface area contributed by atoms with Crippen LogP contribution in [0.4, 0.5) is 11.6 Å². The number of hydrogen-bond donors (Lipinski definition) is 2. The second-order valence-electron chi connectivity index (χ2n) is 5.30. The minimum Gasteiger partial charge on any atom is -0.379 e. The molecule has 20 heavy (non-hydrogen) atoms. The summed E-state index contributed by atoms with van der Waals surface area (Å²) in [5.41, 5.74) is 1.06. The van der Waals surface area contributed by atoms with Gasteiger partial charge in [-0.25, -0.2) is 9.97 Å². The van der Waals surface area contributed by atoms with Crippen LogP contribution in [0.15, 0.2) is 0 Å². The van der Waals surface area contributed by atoms with Crippen molar-refractivity contribution >= 4 is 11.6 Å². The molecular formula is C14H25N5O. The van der Waals surface area contributed by atoms with E-state index in [1.807, 2.05) is 20.9 Å².